The summed E-state index contributed by atoms with van der Waals surface area (Å²) in [6.45, 7) is 8.59. The van der Waals surface area contributed by atoms with Gasteiger partial charge in [-0.3, -0.25) is 9.59 Å². The van der Waals surface area contributed by atoms with Crippen LogP contribution in [0.25, 0.3) is 0 Å². The molecular formula is C23H27N3O3. The molecule has 0 aliphatic heterocycles. The van der Waals surface area contributed by atoms with Crippen molar-refractivity contribution in [3.8, 4) is 11.8 Å². The van der Waals surface area contributed by atoms with Crippen molar-refractivity contribution in [2.75, 3.05) is 11.9 Å². The van der Waals surface area contributed by atoms with E-state index in [-0.39, 0.29) is 30.3 Å². The molecule has 0 radical (unpaired) electrons. The fourth-order valence-corrected chi connectivity index (χ4v) is 2.79. The van der Waals surface area contributed by atoms with Gasteiger partial charge in [-0.15, -0.1) is 0 Å². The first-order valence-electron chi connectivity index (χ1n) is 9.45. The molecule has 0 aliphatic carbocycles. The van der Waals surface area contributed by atoms with E-state index in [1.807, 2.05) is 25.1 Å². The Morgan fingerprint density at radius 2 is 1.86 bits per heavy atom. The van der Waals surface area contributed by atoms with Gasteiger partial charge in [0.15, 0.2) is 6.61 Å². The van der Waals surface area contributed by atoms with Crippen molar-refractivity contribution < 1.29 is 14.3 Å². The minimum absolute atomic E-state index is 0.0786. The van der Waals surface area contributed by atoms with E-state index < -0.39 is 0 Å². The third-order valence-electron chi connectivity index (χ3n) is 4.24. The van der Waals surface area contributed by atoms with Crippen LogP contribution >= 0.6 is 0 Å². The third kappa shape index (κ3) is 6.96. The van der Waals surface area contributed by atoms with Crippen molar-refractivity contribution in [1.82, 2.24) is 5.32 Å². The van der Waals surface area contributed by atoms with Gasteiger partial charge in [-0.2, -0.15) is 5.26 Å². The maximum atomic E-state index is 12.2. The summed E-state index contributed by atoms with van der Waals surface area (Å²) in [5.74, 6) is 0.111. The first-order valence-corrected chi connectivity index (χ1v) is 9.45. The summed E-state index contributed by atoms with van der Waals surface area (Å²) < 4.78 is 5.77. The standard InChI is InChI=1S/C23H27N3O3/c1-16-8-9-20(19(12-16)23(2,3)4)29-15-22(28)25-14-17-6-5-7-18(13-17)26-21(27)10-11-24/h5-9,12-13H,10,14-15H2,1-4H3,(H,25,28)(H,26,27). The van der Waals surface area contributed by atoms with Crippen LogP contribution in [0.5, 0.6) is 5.75 Å². The number of carbonyl (C=O) groups excluding carboxylic acids is 2. The number of aryl methyl sites for hydroxylation is 1. The SMILES string of the molecule is Cc1ccc(OCC(=O)NCc2cccc(NC(=O)CC#N)c2)c(C(C)(C)C)c1. The van der Waals surface area contributed by atoms with Crippen molar-refractivity contribution in [3.05, 3.63) is 59.2 Å². The summed E-state index contributed by atoms with van der Waals surface area (Å²) in [4.78, 5) is 23.7. The molecule has 6 nitrogen and oxygen atoms in total. The molecule has 2 N–H and O–H groups in total. The van der Waals surface area contributed by atoms with Gasteiger partial charge in [0, 0.05) is 12.2 Å². The highest BCUT2D eigenvalue weighted by atomic mass is 16.5. The highest BCUT2D eigenvalue weighted by molar-refractivity contribution is 5.92. The Balaban J connectivity index is 1.92. The topological polar surface area (TPSA) is 91.2 Å². The minimum Gasteiger partial charge on any atom is -0.483 e. The number of nitrogens with one attached hydrogen (secondary N) is 2. The van der Waals surface area contributed by atoms with E-state index in [2.05, 4.69) is 37.5 Å². The molecule has 0 unspecified atom stereocenters. The second-order valence-corrected chi connectivity index (χ2v) is 7.90. The van der Waals surface area contributed by atoms with Crippen LogP contribution in [0.15, 0.2) is 42.5 Å². The monoisotopic (exact) mass is 393 g/mol. The number of hydrogen-bond donors (Lipinski definition) is 2. The molecule has 0 saturated heterocycles. The van der Waals surface area contributed by atoms with E-state index in [0.29, 0.717) is 18.0 Å². The van der Waals surface area contributed by atoms with Crippen LogP contribution in [0.4, 0.5) is 5.69 Å². The summed E-state index contributed by atoms with van der Waals surface area (Å²) in [5.41, 5.74) is 3.54. The summed E-state index contributed by atoms with van der Waals surface area (Å²) in [7, 11) is 0. The van der Waals surface area contributed by atoms with E-state index in [0.717, 1.165) is 16.7 Å². The van der Waals surface area contributed by atoms with E-state index in [1.165, 1.54) is 0 Å². The maximum Gasteiger partial charge on any atom is 0.258 e. The summed E-state index contributed by atoms with van der Waals surface area (Å²) in [6.07, 6.45) is -0.201. The molecule has 0 atom stereocenters. The Hall–Kier alpha value is -3.33. The fourth-order valence-electron chi connectivity index (χ4n) is 2.79. The van der Waals surface area contributed by atoms with Crippen LogP contribution in [-0.4, -0.2) is 18.4 Å². The number of hydrogen-bond acceptors (Lipinski definition) is 4. The number of nitrogens with zero attached hydrogens (tertiary/aromatic N) is 1. The zero-order valence-corrected chi connectivity index (χ0v) is 17.3. The maximum absolute atomic E-state index is 12.2. The van der Waals surface area contributed by atoms with Crippen LogP contribution < -0.4 is 15.4 Å². The number of anilines is 1. The van der Waals surface area contributed by atoms with Crippen molar-refractivity contribution in [2.24, 2.45) is 0 Å². The lowest BCUT2D eigenvalue weighted by molar-refractivity contribution is -0.123. The van der Waals surface area contributed by atoms with Gasteiger partial charge in [-0.1, -0.05) is 50.6 Å². The van der Waals surface area contributed by atoms with Crippen LogP contribution in [0.1, 0.15) is 43.9 Å². The van der Waals surface area contributed by atoms with Crippen molar-refractivity contribution >= 4 is 17.5 Å². The number of ether oxygens (including phenoxy) is 1. The third-order valence-corrected chi connectivity index (χ3v) is 4.24. The molecule has 2 aromatic rings. The summed E-state index contributed by atoms with van der Waals surface area (Å²) in [5, 5.41) is 14.0. The van der Waals surface area contributed by atoms with Crippen LogP contribution in [0.2, 0.25) is 0 Å². The van der Waals surface area contributed by atoms with Gasteiger partial charge in [-0.05, 0) is 41.7 Å². The number of rotatable bonds is 7. The van der Waals surface area contributed by atoms with Crippen LogP contribution in [-0.2, 0) is 21.5 Å². The molecule has 6 heteroatoms. The Morgan fingerprint density at radius 3 is 2.55 bits per heavy atom. The lowest BCUT2D eigenvalue weighted by Crippen LogP contribution is -2.29. The molecule has 152 valence electrons. The summed E-state index contributed by atoms with van der Waals surface area (Å²) >= 11 is 0. The van der Waals surface area contributed by atoms with Gasteiger partial charge in [-0.25, -0.2) is 0 Å². The Morgan fingerprint density at radius 1 is 1.10 bits per heavy atom. The zero-order chi connectivity index (χ0) is 21.4. The second kappa shape index (κ2) is 9.74. The first kappa shape index (κ1) is 22.0. The van der Waals surface area contributed by atoms with E-state index in [9.17, 15) is 9.59 Å². The fraction of sp³-hybridized carbons (Fsp3) is 0.348. The molecule has 2 aromatic carbocycles. The molecule has 2 rings (SSSR count). The van der Waals surface area contributed by atoms with Crippen molar-refractivity contribution in [2.45, 2.75) is 46.1 Å². The number of carbonyl (C=O) groups is 2. The molecule has 0 spiro atoms. The first-order chi connectivity index (χ1) is 13.7. The smallest absolute Gasteiger partial charge is 0.258 e. The molecule has 0 bridgehead atoms. The molecule has 0 saturated carbocycles. The Kier molecular flexibility index (Phi) is 7.38. The molecule has 0 aromatic heterocycles. The average molecular weight is 393 g/mol. The van der Waals surface area contributed by atoms with Gasteiger partial charge in [0.1, 0.15) is 12.2 Å². The molecule has 0 fully saturated rings. The van der Waals surface area contributed by atoms with Crippen molar-refractivity contribution in [3.63, 3.8) is 0 Å². The lowest BCUT2D eigenvalue weighted by atomic mass is 9.85. The van der Waals surface area contributed by atoms with Crippen LogP contribution in [0, 0.1) is 18.3 Å². The highest BCUT2D eigenvalue weighted by Crippen LogP contribution is 2.32. The second-order valence-electron chi connectivity index (χ2n) is 7.90. The molecular weight excluding hydrogens is 366 g/mol. The van der Waals surface area contributed by atoms with Gasteiger partial charge >= 0.3 is 0 Å². The number of amides is 2. The lowest BCUT2D eigenvalue weighted by Gasteiger charge is -2.23. The highest BCUT2D eigenvalue weighted by Gasteiger charge is 2.19. The van der Waals surface area contributed by atoms with E-state index in [4.69, 9.17) is 10.00 Å². The number of benzene rings is 2. The summed E-state index contributed by atoms with van der Waals surface area (Å²) in [6, 6.07) is 14.9. The average Bonchev–Trinajstić information content (AvgIpc) is 2.65. The van der Waals surface area contributed by atoms with Gasteiger partial charge in [0.2, 0.25) is 5.91 Å². The zero-order valence-electron chi connectivity index (χ0n) is 17.3. The predicted octanol–water partition coefficient (Wildman–Crippen LogP) is 3.84. The number of nitriles is 1. The molecule has 0 heterocycles. The van der Waals surface area contributed by atoms with Crippen molar-refractivity contribution in [1.29, 1.82) is 5.26 Å². The van der Waals surface area contributed by atoms with Gasteiger partial charge in [0.05, 0.1) is 6.07 Å². The van der Waals surface area contributed by atoms with E-state index in [1.54, 1.807) is 24.3 Å². The normalized spacial score (nSPS) is 10.7. The molecule has 2 amide bonds. The quantitative estimate of drug-likeness (QED) is 0.748. The Labute approximate surface area is 171 Å². The predicted molar refractivity (Wildman–Crippen MR) is 113 cm³/mol. The Bertz CT molecular complexity index is 924. The van der Waals surface area contributed by atoms with Gasteiger partial charge < -0.3 is 15.4 Å². The molecule has 0 aliphatic rings. The van der Waals surface area contributed by atoms with Gasteiger partial charge in [0.25, 0.3) is 5.91 Å². The van der Waals surface area contributed by atoms with Crippen LogP contribution in [0.3, 0.4) is 0 Å². The molecule has 29 heavy (non-hydrogen) atoms. The largest absolute Gasteiger partial charge is 0.483 e. The minimum atomic E-state index is -0.366. The van der Waals surface area contributed by atoms with E-state index >= 15 is 0 Å².